The van der Waals surface area contributed by atoms with E-state index in [1.54, 1.807) is 0 Å². The molecule has 0 saturated heterocycles. The minimum atomic E-state index is 1.29. The zero-order valence-corrected chi connectivity index (χ0v) is 14.3. The van der Waals surface area contributed by atoms with Crippen molar-refractivity contribution in [1.82, 2.24) is 0 Å². The van der Waals surface area contributed by atoms with Gasteiger partial charge in [0.15, 0.2) is 0 Å². The van der Waals surface area contributed by atoms with Gasteiger partial charge in [0, 0.05) is 0 Å². The Bertz CT molecular complexity index is 175. The minimum Gasteiger partial charge on any atom is -0.134 e. The molecule has 0 spiro atoms. The van der Waals surface area contributed by atoms with Crippen LogP contribution in [0.25, 0.3) is 0 Å². The van der Waals surface area contributed by atoms with E-state index in [0.29, 0.717) is 0 Å². The molecule has 0 aliphatic heterocycles. The number of unbranched alkanes of at least 4 members (excludes halogenated alkanes) is 11. The Hall–Kier alpha value is 0.0900. The van der Waals surface area contributed by atoms with Crippen molar-refractivity contribution < 1.29 is 0 Å². The maximum absolute atomic E-state index is 2.38. The molecule has 0 bridgehead atoms. The van der Waals surface area contributed by atoms with Gasteiger partial charge in [-0.15, -0.1) is 11.8 Å². The summed E-state index contributed by atoms with van der Waals surface area (Å²) in [5, 5.41) is 2.33. The van der Waals surface area contributed by atoms with Crippen molar-refractivity contribution in [3.05, 3.63) is 11.5 Å². The molecular weight excluding hydrogens is 248 g/mol. The van der Waals surface area contributed by atoms with Gasteiger partial charge < -0.3 is 0 Å². The summed E-state index contributed by atoms with van der Waals surface area (Å²) in [4.78, 5) is 0. The van der Waals surface area contributed by atoms with Gasteiger partial charge in [-0.05, 0) is 30.4 Å². The molecule has 0 rings (SSSR count). The second kappa shape index (κ2) is 18.1. The number of hydrogen-bond donors (Lipinski definition) is 0. The van der Waals surface area contributed by atoms with Crippen LogP contribution < -0.4 is 0 Å². The predicted octanol–water partition coefficient (Wildman–Crippen LogP) is 7.34. The van der Waals surface area contributed by atoms with Crippen LogP contribution in [-0.4, -0.2) is 5.75 Å². The molecule has 0 saturated carbocycles. The van der Waals surface area contributed by atoms with Gasteiger partial charge in [0.1, 0.15) is 0 Å². The van der Waals surface area contributed by atoms with E-state index < -0.39 is 0 Å². The Morgan fingerprint density at radius 1 is 0.632 bits per heavy atom. The van der Waals surface area contributed by atoms with E-state index in [4.69, 9.17) is 0 Å². The van der Waals surface area contributed by atoms with Crippen LogP contribution in [0.15, 0.2) is 11.5 Å². The lowest BCUT2D eigenvalue weighted by Crippen LogP contribution is -1.80. The lowest BCUT2D eigenvalue weighted by atomic mass is 10.1. The Morgan fingerprint density at radius 3 is 1.79 bits per heavy atom. The van der Waals surface area contributed by atoms with Crippen LogP contribution >= 0.6 is 11.8 Å². The quantitative estimate of drug-likeness (QED) is 0.283. The highest BCUT2D eigenvalue weighted by Gasteiger charge is 1.90. The van der Waals surface area contributed by atoms with E-state index in [2.05, 4.69) is 25.3 Å². The van der Waals surface area contributed by atoms with Crippen LogP contribution in [0.3, 0.4) is 0 Å². The van der Waals surface area contributed by atoms with Crippen molar-refractivity contribution in [2.75, 3.05) is 5.75 Å². The number of rotatable bonds is 15. The van der Waals surface area contributed by atoms with E-state index in [1.807, 2.05) is 11.8 Å². The summed E-state index contributed by atoms with van der Waals surface area (Å²) in [5.41, 5.74) is 0. The molecule has 1 heteroatoms. The fourth-order valence-corrected chi connectivity index (χ4v) is 2.99. The molecule has 0 unspecified atom stereocenters. The SMILES string of the molecule is CCCCCCCCCC/C=C/SCCCCCC. The van der Waals surface area contributed by atoms with E-state index >= 15 is 0 Å². The van der Waals surface area contributed by atoms with Crippen LogP contribution in [0.2, 0.25) is 0 Å². The molecule has 0 aromatic rings. The molecule has 114 valence electrons. The first kappa shape index (κ1) is 19.1. The van der Waals surface area contributed by atoms with Crippen LogP contribution in [0.5, 0.6) is 0 Å². The van der Waals surface area contributed by atoms with Gasteiger partial charge in [-0.3, -0.25) is 0 Å². The second-order valence-corrected chi connectivity index (χ2v) is 6.58. The maximum atomic E-state index is 2.38. The third-order valence-corrected chi connectivity index (χ3v) is 4.44. The van der Waals surface area contributed by atoms with Crippen LogP contribution in [-0.2, 0) is 0 Å². The van der Waals surface area contributed by atoms with Crippen molar-refractivity contribution in [2.24, 2.45) is 0 Å². The summed E-state index contributed by atoms with van der Waals surface area (Å²) in [6, 6.07) is 0. The normalized spacial score (nSPS) is 11.5. The van der Waals surface area contributed by atoms with Gasteiger partial charge in [0.2, 0.25) is 0 Å². The van der Waals surface area contributed by atoms with Crippen molar-refractivity contribution >= 4 is 11.8 Å². The summed E-state index contributed by atoms with van der Waals surface area (Å²) in [7, 11) is 0. The zero-order valence-electron chi connectivity index (χ0n) is 13.5. The third-order valence-electron chi connectivity index (χ3n) is 3.53. The molecule has 0 aromatic heterocycles. The average molecular weight is 285 g/mol. The van der Waals surface area contributed by atoms with E-state index in [1.165, 1.54) is 89.2 Å². The van der Waals surface area contributed by atoms with Gasteiger partial charge in [0.05, 0.1) is 0 Å². The summed E-state index contributed by atoms with van der Waals surface area (Å²) < 4.78 is 0. The topological polar surface area (TPSA) is 0 Å². The number of allylic oxidation sites excluding steroid dienone is 1. The Labute approximate surface area is 126 Å². The molecule has 0 aliphatic carbocycles. The Balaban J connectivity index is 3.00. The highest BCUT2D eigenvalue weighted by atomic mass is 32.2. The molecule has 0 aliphatic rings. The molecule has 19 heavy (non-hydrogen) atoms. The number of hydrogen-bond acceptors (Lipinski definition) is 1. The highest BCUT2D eigenvalue weighted by molar-refractivity contribution is 8.02. The molecule has 0 fully saturated rings. The van der Waals surface area contributed by atoms with Gasteiger partial charge >= 0.3 is 0 Å². The summed E-state index contributed by atoms with van der Waals surface area (Å²) in [6.07, 6.45) is 20.6. The van der Waals surface area contributed by atoms with Crippen molar-refractivity contribution in [2.45, 2.75) is 97.3 Å². The lowest BCUT2D eigenvalue weighted by molar-refractivity contribution is 0.578. The molecule has 0 nitrogen and oxygen atoms in total. The first-order chi connectivity index (χ1) is 9.41. The van der Waals surface area contributed by atoms with E-state index in [0.717, 1.165) is 0 Å². The predicted molar refractivity (Wildman–Crippen MR) is 93.0 cm³/mol. The minimum absolute atomic E-state index is 1.29. The molecular formula is C18H36S. The Morgan fingerprint density at radius 2 is 1.16 bits per heavy atom. The molecule has 0 amide bonds. The smallest absolute Gasteiger partial charge is 0.00261 e. The second-order valence-electron chi connectivity index (χ2n) is 5.57. The molecule has 0 N–H and O–H groups in total. The summed E-state index contributed by atoms with van der Waals surface area (Å²) in [5.74, 6) is 1.31. The monoisotopic (exact) mass is 284 g/mol. The van der Waals surface area contributed by atoms with Crippen LogP contribution in [0.1, 0.15) is 97.3 Å². The maximum Gasteiger partial charge on any atom is -0.00261 e. The molecule has 0 heterocycles. The largest absolute Gasteiger partial charge is 0.134 e. The zero-order chi connectivity index (χ0) is 14.0. The first-order valence-electron chi connectivity index (χ1n) is 8.68. The molecule has 0 aromatic carbocycles. The van der Waals surface area contributed by atoms with Gasteiger partial charge in [0.25, 0.3) is 0 Å². The summed E-state index contributed by atoms with van der Waals surface area (Å²) in [6.45, 7) is 4.56. The third kappa shape index (κ3) is 18.1. The number of thioether (sulfide) groups is 1. The van der Waals surface area contributed by atoms with Gasteiger partial charge in [-0.1, -0.05) is 84.1 Å². The fourth-order valence-electron chi connectivity index (χ4n) is 2.21. The van der Waals surface area contributed by atoms with Crippen LogP contribution in [0.4, 0.5) is 0 Å². The molecule has 0 radical (unpaired) electrons. The van der Waals surface area contributed by atoms with Gasteiger partial charge in [-0.2, -0.15) is 0 Å². The van der Waals surface area contributed by atoms with Crippen LogP contribution in [0, 0.1) is 0 Å². The Kier molecular flexibility index (Phi) is 18.2. The van der Waals surface area contributed by atoms with Crippen molar-refractivity contribution in [1.29, 1.82) is 0 Å². The van der Waals surface area contributed by atoms with Gasteiger partial charge in [-0.25, -0.2) is 0 Å². The molecule has 0 atom stereocenters. The standard InChI is InChI=1S/C18H36S/c1-3-5-7-9-10-11-12-13-14-16-18-19-17-15-8-6-4-2/h16,18H,3-15,17H2,1-2H3/b18-16+. The van der Waals surface area contributed by atoms with E-state index in [-0.39, 0.29) is 0 Å². The highest BCUT2D eigenvalue weighted by Crippen LogP contribution is 2.12. The lowest BCUT2D eigenvalue weighted by Gasteiger charge is -2.00. The van der Waals surface area contributed by atoms with Crippen molar-refractivity contribution in [3.8, 4) is 0 Å². The first-order valence-corrected chi connectivity index (χ1v) is 9.73. The average Bonchev–Trinajstić information content (AvgIpc) is 2.43. The fraction of sp³-hybridized carbons (Fsp3) is 0.889. The summed E-state index contributed by atoms with van der Waals surface area (Å²) >= 11 is 2.00. The van der Waals surface area contributed by atoms with Crippen molar-refractivity contribution in [3.63, 3.8) is 0 Å². The van der Waals surface area contributed by atoms with E-state index in [9.17, 15) is 0 Å².